The number of hydrogen-bond acceptors (Lipinski definition) is 3. The molecule has 1 aromatic heterocycles. The molecule has 1 N–H and O–H groups in total. The first-order valence-electron chi connectivity index (χ1n) is 4.99. The van der Waals surface area contributed by atoms with Crippen LogP contribution in [0.25, 0.3) is 0 Å². The topological polar surface area (TPSA) is 37.8 Å². The molecule has 0 aliphatic carbocycles. The van der Waals surface area contributed by atoms with Crippen molar-refractivity contribution in [2.45, 2.75) is 13.5 Å². The van der Waals surface area contributed by atoms with Crippen molar-refractivity contribution in [3.05, 3.63) is 51.6 Å². The van der Waals surface area contributed by atoms with Crippen LogP contribution in [-0.2, 0) is 6.54 Å². The second-order valence-electron chi connectivity index (χ2n) is 3.56. The molecule has 2 aromatic rings. The Labute approximate surface area is 108 Å². The number of nitrogens with zero attached hydrogens (tertiary/aromatic N) is 2. The lowest BCUT2D eigenvalue weighted by Gasteiger charge is -2.09. The first-order valence-corrected chi connectivity index (χ1v) is 6.07. The highest BCUT2D eigenvalue weighted by Crippen LogP contribution is 2.18. The molecule has 0 radical (unpaired) electrons. The van der Waals surface area contributed by atoms with Crippen molar-refractivity contribution >= 4 is 28.3 Å². The van der Waals surface area contributed by atoms with E-state index in [1.807, 2.05) is 12.4 Å². The van der Waals surface area contributed by atoms with Crippen LogP contribution in [0.1, 0.15) is 11.1 Å². The fourth-order valence-corrected chi connectivity index (χ4v) is 2.09. The van der Waals surface area contributed by atoms with Gasteiger partial charge in [0.1, 0.15) is 6.33 Å². The standard InChI is InChI=1S/C12H12IN3/c1-9-4-11(13)2-3-12(9)16-7-10-5-14-8-15-6-10/h2-6,8,16H,7H2,1H3. The summed E-state index contributed by atoms with van der Waals surface area (Å²) in [6.45, 7) is 2.86. The van der Waals surface area contributed by atoms with Gasteiger partial charge in [-0.3, -0.25) is 0 Å². The minimum absolute atomic E-state index is 0.752. The molecule has 16 heavy (non-hydrogen) atoms. The van der Waals surface area contributed by atoms with Crippen LogP contribution in [0, 0.1) is 10.5 Å². The lowest BCUT2D eigenvalue weighted by atomic mass is 10.2. The van der Waals surface area contributed by atoms with Gasteiger partial charge in [0.15, 0.2) is 0 Å². The third-order valence-corrected chi connectivity index (χ3v) is 2.96. The van der Waals surface area contributed by atoms with Gasteiger partial charge in [-0.15, -0.1) is 0 Å². The smallest absolute Gasteiger partial charge is 0.115 e. The minimum atomic E-state index is 0.752. The molecule has 0 saturated heterocycles. The molecule has 0 saturated carbocycles. The van der Waals surface area contributed by atoms with Crippen LogP contribution in [0.15, 0.2) is 36.9 Å². The summed E-state index contributed by atoms with van der Waals surface area (Å²) in [5.41, 5.74) is 3.49. The molecule has 3 nitrogen and oxygen atoms in total. The van der Waals surface area contributed by atoms with Crippen molar-refractivity contribution in [1.82, 2.24) is 9.97 Å². The average molecular weight is 325 g/mol. The molecule has 1 heterocycles. The summed E-state index contributed by atoms with van der Waals surface area (Å²) in [6, 6.07) is 6.35. The van der Waals surface area contributed by atoms with E-state index in [1.54, 1.807) is 6.33 Å². The van der Waals surface area contributed by atoms with Crippen molar-refractivity contribution in [2.75, 3.05) is 5.32 Å². The number of hydrogen-bond donors (Lipinski definition) is 1. The van der Waals surface area contributed by atoms with E-state index in [4.69, 9.17) is 0 Å². The van der Waals surface area contributed by atoms with Crippen LogP contribution in [-0.4, -0.2) is 9.97 Å². The van der Waals surface area contributed by atoms with Gasteiger partial charge in [-0.05, 0) is 53.3 Å². The fraction of sp³-hybridized carbons (Fsp3) is 0.167. The van der Waals surface area contributed by atoms with Crippen molar-refractivity contribution in [3.8, 4) is 0 Å². The Morgan fingerprint density at radius 2 is 2.00 bits per heavy atom. The monoisotopic (exact) mass is 325 g/mol. The summed E-state index contributed by atoms with van der Waals surface area (Å²) in [4.78, 5) is 7.96. The number of rotatable bonds is 3. The number of aryl methyl sites for hydroxylation is 1. The SMILES string of the molecule is Cc1cc(I)ccc1NCc1cncnc1. The van der Waals surface area contributed by atoms with Gasteiger partial charge >= 0.3 is 0 Å². The number of aromatic nitrogens is 2. The molecule has 0 aliphatic rings. The Bertz CT molecular complexity index is 471. The quantitative estimate of drug-likeness (QED) is 0.882. The number of halogens is 1. The van der Waals surface area contributed by atoms with Gasteiger partial charge < -0.3 is 5.32 Å². The molecular weight excluding hydrogens is 313 g/mol. The van der Waals surface area contributed by atoms with E-state index in [1.165, 1.54) is 9.13 Å². The zero-order valence-electron chi connectivity index (χ0n) is 8.94. The zero-order valence-corrected chi connectivity index (χ0v) is 11.1. The first kappa shape index (κ1) is 11.3. The molecular formula is C12H12IN3. The Morgan fingerprint density at radius 3 is 2.69 bits per heavy atom. The molecule has 0 unspecified atom stereocenters. The molecule has 1 aromatic carbocycles. The summed E-state index contributed by atoms with van der Waals surface area (Å²) in [6.07, 6.45) is 5.18. The van der Waals surface area contributed by atoms with Gasteiger partial charge in [-0.25, -0.2) is 9.97 Å². The van der Waals surface area contributed by atoms with Crippen LogP contribution in [0.4, 0.5) is 5.69 Å². The van der Waals surface area contributed by atoms with Gasteiger partial charge in [0, 0.05) is 33.8 Å². The zero-order chi connectivity index (χ0) is 11.4. The lowest BCUT2D eigenvalue weighted by Crippen LogP contribution is -2.01. The molecule has 0 amide bonds. The Hall–Kier alpha value is -1.17. The van der Waals surface area contributed by atoms with E-state index < -0.39 is 0 Å². The molecule has 0 atom stereocenters. The molecule has 0 spiro atoms. The Morgan fingerprint density at radius 1 is 1.25 bits per heavy atom. The highest BCUT2D eigenvalue weighted by atomic mass is 127. The maximum absolute atomic E-state index is 3.98. The summed E-state index contributed by atoms with van der Waals surface area (Å²) in [5, 5.41) is 3.37. The Kier molecular flexibility index (Phi) is 3.71. The van der Waals surface area contributed by atoms with E-state index in [-0.39, 0.29) is 0 Å². The second kappa shape index (κ2) is 5.25. The highest BCUT2D eigenvalue weighted by Gasteiger charge is 1.98. The average Bonchev–Trinajstić information content (AvgIpc) is 2.29. The van der Waals surface area contributed by atoms with Crippen molar-refractivity contribution in [1.29, 1.82) is 0 Å². The largest absolute Gasteiger partial charge is 0.381 e. The predicted molar refractivity (Wildman–Crippen MR) is 73.3 cm³/mol. The summed E-state index contributed by atoms with van der Waals surface area (Å²) < 4.78 is 1.25. The number of nitrogens with one attached hydrogen (secondary N) is 1. The normalized spacial score (nSPS) is 10.1. The van der Waals surface area contributed by atoms with Gasteiger partial charge in [-0.2, -0.15) is 0 Å². The first-order chi connectivity index (χ1) is 7.75. The van der Waals surface area contributed by atoms with E-state index >= 15 is 0 Å². The third-order valence-electron chi connectivity index (χ3n) is 2.29. The second-order valence-corrected chi connectivity index (χ2v) is 4.81. The maximum Gasteiger partial charge on any atom is 0.115 e. The van der Waals surface area contributed by atoms with Crippen molar-refractivity contribution in [2.24, 2.45) is 0 Å². The van der Waals surface area contributed by atoms with Gasteiger partial charge in [-0.1, -0.05) is 0 Å². The van der Waals surface area contributed by atoms with Crippen LogP contribution >= 0.6 is 22.6 Å². The maximum atomic E-state index is 3.98. The third kappa shape index (κ3) is 2.91. The molecule has 4 heteroatoms. The highest BCUT2D eigenvalue weighted by molar-refractivity contribution is 14.1. The summed E-state index contributed by atoms with van der Waals surface area (Å²) >= 11 is 2.31. The summed E-state index contributed by atoms with van der Waals surface area (Å²) in [7, 11) is 0. The van der Waals surface area contributed by atoms with E-state index in [2.05, 4.69) is 63.0 Å². The van der Waals surface area contributed by atoms with Crippen LogP contribution < -0.4 is 5.32 Å². The molecule has 0 fully saturated rings. The van der Waals surface area contributed by atoms with Crippen LogP contribution in [0.5, 0.6) is 0 Å². The predicted octanol–water partition coefficient (Wildman–Crippen LogP) is 3.00. The Balaban J connectivity index is 2.05. The van der Waals surface area contributed by atoms with Gasteiger partial charge in [0.25, 0.3) is 0 Å². The number of benzene rings is 1. The van der Waals surface area contributed by atoms with Crippen LogP contribution in [0.3, 0.4) is 0 Å². The van der Waals surface area contributed by atoms with E-state index in [0.717, 1.165) is 17.8 Å². The molecule has 82 valence electrons. The van der Waals surface area contributed by atoms with E-state index in [0.29, 0.717) is 0 Å². The lowest BCUT2D eigenvalue weighted by molar-refractivity contribution is 1.05. The molecule has 2 rings (SSSR count). The van der Waals surface area contributed by atoms with Gasteiger partial charge in [0.05, 0.1) is 0 Å². The van der Waals surface area contributed by atoms with Crippen LogP contribution in [0.2, 0.25) is 0 Å². The minimum Gasteiger partial charge on any atom is -0.381 e. The summed E-state index contributed by atoms with van der Waals surface area (Å²) in [5.74, 6) is 0. The molecule has 0 aliphatic heterocycles. The van der Waals surface area contributed by atoms with Crippen molar-refractivity contribution in [3.63, 3.8) is 0 Å². The number of anilines is 1. The molecule has 0 bridgehead atoms. The van der Waals surface area contributed by atoms with Crippen molar-refractivity contribution < 1.29 is 0 Å². The van der Waals surface area contributed by atoms with Gasteiger partial charge in [0.2, 0.25) is 0 Å². The fourth-order valence-electron chi connectivity index (χ4n) is 1.44. The van der Waals surface area contributed by atoms with E-state index in [9.17, 15) is 0 Å².